The van der Waals surface area contributed by atoms with E-state index in [1.54, 1.807) is 6.07 Å². The summed E-state index contributed by atoms with van der Waals surface area (Å²) in [6.45, 7) is 0.571. The molecule has 1 atom stereocenters. The summed E-state index contributed by atoms with van der Waals surface area (Å²) in [5.74, 6) is -1.18. The van der Waals surface area contributed by atoms with Gasteiger partial charge in [0.15, 0.2) is 5.82 Å². The third-order valence-corrected chi connectivity index (χ3v) is 6.46. The molecule has 1 saturated heterocycles. The summed E-state index contributed by atoms with van der Waals surface area (Å²) >= 11 is 12.2. The highest BCUT2D eigenvalue weighted by Gasteiger charge is 2.30. The summed E-state index contributed by atoms with van der Waals surface area (Å²) in [5, 5.41) is 7.28. The molecule has 0 bridgehead atoms. The van der Waals surface area contributed by atoms with Crippen molar-refractivity contribution in [1.82, 2.24) is 14.1 Å². The van der Waals surface area contributed by atoms with E-state index in [1.165, 1.54) is 27.3 Å². The van der Waals surface area contributed by atoms with Crippen LogP contribution in [0.4, 0.5) is 10.2 Å². The number of carbonyl (C=O) groups excluding carboxylic acids is 1. The van der Waals surface area contributed by atoms with Gasteiger partial charge in [-0.05, 0) is 25.0 Å². The molecule has 152 valence electrons. The molecule has 0 aliphatic carbocycles. The van der Waals surface area contributed by atoms with Crippen molar-refractivity contribution in [2.75, 3.05) is 24.7 Å². The largest absolute Gasteiger partial charge is 0.308 e. The lowest BCUT2D eigenvalue weighted by atomic mass is 9.99. The molecular formula is C17H19Cl2FN4O3S. The van der Waals surface area contributed by atoms with Crippen molar-refractivity contribution < 1.29 is 17.6 Å². The minimum Gasteiger partial charge on any atom is -0.308 e. The molecule has 0 saturated carbocycles. The van der Waals surface area contributed by atoms with Gasteiger partial charge in [-0.3, -0.25) is 9.48 Å². The van der Waals surface area contributed by atoms with Crippen LogP contribution in [-0.4, -0.2) is 47.8 Å². The molecule has 0 spiro atoms. The van der Waals surface area contributed by atoms with E-state index in [9.17, 15) is 17.6 Å². The Labute approximate surface area is 172 Å². The Hall–Kier alpha value is -1.68. The summed E-state index contributed by atoms with van der Waals surface area (Å²) in [4.78, 5) is 12.5. The Morgan fingerprint density at radius 1 is 1.36 bits per heavy atom. The number of benzene rings is 1. The Morgan fingerprint density at radius 2 is 2.11 bits per heavy atom. The van der Waals surface area contributed by atoms with Crippen LogP contribution in [-0.2, 0) is 21.4 Å². The number of nitrogens with zero attached hydrogens (tertiary/aromatic N) is 3. The number of hydrogen-bond acceptors (Lipinski definition) is 4. The molecule has 11 heteroatoms. The van der Waals surface area contributed by atoms with Gasteiger partial charge < -0.3 is 5.32 Å². The second-order valence-electron chi connectivity index (χ2n) is 6.67. The first kappa shape index (κ1) is 21.0. The summed E-state index contributed by atoms with van der Waals surface area (Å²) < 4.78 is 40.1. The van der Waals surface area contributed by atoms with Crippen LogP contribution in [0.15, 0.2) is 24.4 Å². The monoisotopic (exact) mass is 448 g/mol. The zero-order valence-electron chi connectivity index (χ0n) is 15.0. The molecule has 7 nitrogen and oxygen atoms in total. The van der Waals surface area contributed by atoms with E-state index in [0.717, 1.165) is 6.26 Å². The van der Waals surface area contributed by atoms with E-state index in [2.05, 4.69) is 10.4 Å². The second-order valence-corrected chi connectivity index (χ2v) is 9.47. The molecule has 0 unspecified atom stereocenters. The summed E-state index contributed by atoms with van der Waals surface area (Å²) in [7, 11) is -3.35. The maximum Gasteiger partial charge on any atom is 0.230 e. The van der Waals surface area contributed by atoms with Crippen LogP contribution in [0.25, 0.3) is 0 Å². The van der Waals surface area contributed by atoms with Crippen LogP contribution in [0.1, 0.15) is 18.4 Å². The quantitative estimate of drug-likeness (QED) is 0.761. The molecule has 2 aromatic rings. The molecule has 1 aliphatic heterocycles. The van der Waals surface area contributed by atoms with Crippen LogP contribution >= 0.6 is 23.2 Å². The van der Waals surface area contributed by atoms with Crippen molar-refractivity contribution in [3.8, 4) is 0 Å². The van der Waals surface area contributed by atoms with Crippen LogP contribution in [0.2, 0.25) is 10.0 Å². The maximum absolute atomic E-state index is 13.9. The molecule has 1 N–H and O–H groups in total. The Morgan fingerprint density at radius 3 is 2.79 bits per heavy atom. The third kappa shape index (κ3) is 4.83. The average Bonchev–Trinajstić information content (AvgIpc) is 2.97. The number of anilines is 1. The van der Waals surface area contributed by atoms with Crippen molar-refractivity contribution in [1.29, 1.82) is 0 Å². The molecular weight excluding hydrogens is 430 g/mol. The molecule has 3 rings (SSSR count). The molecule has 1 aromatic heterocycles. The molecule has 1 aliphatic rings. The molecule has 2 heterocycles. The number of halogens is 3. The number of aromatic nitrogens is 2. The Bertz CT molecular complexity index is 976. The van der Waals surface area contributed by atoms with Crippen LogP contribution in [0.5, 0.6) is 0 Å². The zero-order valence-corrected chi connectivity index (χ0v) is 17.4. The van der Waals surface area contributed by atoms with Gasteiger partial charge in [0.05, 0.1) is 18.7 Å². The zero-order chi connectivity index (χ0) is 20.5. The van der Waals surface area contributed by atoms with Crippen molar-refractivity contribution in [3.05, 3.63) is 45.8 Å². The van der Waals surface area contributed by atoms with E-state index in [4.69, 9.17) is 23.2 Å². The van der Waals surface area contributed by atoms with Crippen molar-refractivity contribution in [3.63, 3.8) is 0 Å². The highest BCUT2D eigenvalue weighted by molar-refractivity contribution is 7.88. The summed E-state index contributed by atoms with van der Waals surface area (Å²) in [6.07, 6.45) is 3.75. The number of carbonyl (C=O) groups is 1. The highest BCUT2D eigenvalue weighted by Crippen LogP contribution is 2.25. The maximum atomic E-state index is 13.9. The fourth-order valence-electron chi connectivity index (χ4n) is 3.08. The van der Waals surface area contributed by atoms with Gasteiger partial charge >= 0.3 is 0 Å². The lowest BCUT2D eigenvalue weighted by Crippen LogP contribution is -2.43. The van der Waals surface area contributed by atoms with Gasteiger partial charge in [-0.1, -0.05) is 29.3 Å². The van der Waals surface area contributed by atoms with Gasteiger partial charge in [-0.15, -0.1) is 0 Å². The number of rotatable bonds is 5. The lowest BCUT2D eigenvalue weighted by Gasteiger charge is -2.29. The average molecular weight is 449 g/mol. The van der Waals surface area contributed by atoms with E-state index in [1.807, 2.05) is 0 Å². The molecule has 28 heavy (non-hydrogen) atoms. The Balaban J connectivity index is 1.71. The van der Waals surface area contributed by atoms with Gasteiger partial charge in [0.1, 0.15) is 10.8 Å². The van der Waals surface area contributed by atoms with Gasteiger partial charge in [-0.2, -0.15) is 5.10 Å². The minimum atomic E-state index is -3.35. The molecule has 1 aromatic carbocycles. The standard InChI is InChI=1S/C17H19Cl2FN4O3S/c1-28(26,27)24-7-3-4-11(8-24)17(25)21-16-14(19)10-23(22-16)9-12-13(18)5-2-6-15(12)20/h2,5-6,10-11H,3-4,7-9H2,1H3,(H,21,22,25)/t11-/m0/s1. The number of nitrogens with one attached hydrogen (secondary N) is 1. The Kier molecular flexibility index (Phi) is 6.28. The van der Waals surface area contributed by atoms with Gasteiger partial charge in [0, 0.05) is 29.9 Å². The predicted octanol–water partition coefficient (Wildman–Crippen LogP) is 2.99. The first-order valence-electron chi connectivity index (χ1n) is 8.57. The smallest absolute Gasteiger partial charge is 0.230 e. The normalized spacial score (nSPS) is 18.2. The second kappa shape index (κ2) is 8.36. The van der Waals surface area contributed by atoms with Crippen molar-refractivity contribution in [2.24, 2.45) is 5.92 Å². The van der Waals surface area contributed by atoms with Gasteiger partial charge in [0.2, 0.25) is 15.9 Å². The number of hydrogen-bond donors (Lipinski definition) is 1. The lowest BCUT2D eigenvalue weighted by molar-refractivity contribution is -0.120. The third-order valence-electron chi connectivity index (χ3n) is 4.56. The topological polar surface area (TPSA) is 84.3 Å². The van der Waals surface area contributed by atoms with Crippen molar-refractivity contribution >= 4 is 45.0 Å². The summed E-state index contributed by atoms with van der Waals surface area (Å²) in [5.41, 5.74) is 0.261. The first-order chi connectivity index (χ1) is 13.1. The first-order valence-corrected chi connectivity index (χ1v) is 11.2. The number of sulfonamides is 1. The van der Waals surface area contributed by atoms with E-state index >= 15 is 0 Å². The highest BCUT2D eigenvalue weighted by atomic mass is 35.5. The van der Waals surface area contributed by atoms with Gasteiger partial charge in [0.25, 0.3) is 0 Å². The fraction of sp³-hybridized carbons (Fsp3) is 0.412. The molecule has 1 fully saturated rings. The van der Waals surface area contributed by atoms with Gasteiger partial charge in [-0.25, -0.2) is 17.1 Å². The fourth-order valence-corrected chi connectivity index (χ4v) is 4.42. The predicted molar refractivity (Wildman–Crippen MR) is 106 cm³/mol. The van der Waals surface area contributed by atoms with E-state index in [0.29, 0.717) is 19.4 Å². The summed E-state index contributed by atoms with van der Waals surface area (Å²) in [6, 6.07) is 4.38. The molecule has 1 amide bonds. The SMILES string of the molecule is CS(=O)(=O)N1CCC[C@H](C(=O)Nc2nn(Cc3c(F)cccc3Cl)cc2Cl)C1. The van der Waals surface area contributed by atoms with Crippen LogP contribution < -0.4 is 5.32 Å². The molecule has 0 radical (unpaired) electrons. The van der Waals surface area contributed by atoms with Crippen molar-refractivity contribution in [2.45, 2.75) is 19.4 Å². The number of piperidine rings is 1. The van der Waals surface area contributed by atoms with Crippen LogP contribution in [0, 0.1) is 11.7 Å². The number of amides is 1. The van der Waals surface area contributed by atoms with Crippen LogP contribution in [0.3, 0.4) is 0 Å². The van der Waals surface area contributed by atoms with E-state index < -0.39 is 21.8 Å². The van der Waals surface area contributed by atoms with E-state index in [-0.39, 0.29) is 40.4 Å². The minimum absolute atomic E-state index is 0.0480.